The lowest BCUT2D eigenvalue weighted by Crippen LogP contribution is -2.48. The SMILES string of the molecule is Cn1nnc2ccc(-c3c[nH]c4nc(N[C@H]5CC[C@@]6(CCO6)CC5)ncc34)cc21. The average Bonchev–Trinajstić information content (AvgIpc) is 3.30. The Morgan fingerprint density at radius 1 is 1.24 bits per heavy atom. The van der Waals surface area contributed by atoms with Crippen molar-refractivity contribution in [1.29, 1.82) is 0 Å². The standard InChI is InChI=1S/C21H23N7O/c1-28-18-10-13(2-3-17(18)26-27-28)15-11-22-19-16(15)12-23-20(25-19)24-14-4-6-21(7-5-14)8-9-29-21/h2-3,10-12,14H,4-9H2,1H3,(H2,22,23,24,25)/t14-,21-. The molecule has 148 valence electrons. The summed E-state index contributed by atoms with van der Waals surface area (Å²) in [5.41, 5.74) is 5.09. The lowest BCUT2D eigenvalue weighted by atomic mass is 9.77. The Balaban J connectivity index is 1.25. The molecule has 29 heavy (non-hydrogen) atoms. The second-order valence-corrected chi connectivity index (χ2v) is 8.27. The molecule has 1 spiro atoms. The number of H-pyrrole nitrogens is 1. The third kappa shape index (κ3) is 2.78. The quantitative estimate of drug-likeness (QED) is 0.558. The van der Waals surface area contributed by atoms with Crippen molar-refractivity contribution < 1.29 is 4.74 Å². The highest BCUT2D eigenvalue weighted by Gasteiger charge is 2.41. The molecule has 1 aromatic carbocycles. The lowest BCUT2D eigenvalue weighted by Gasteiger charge is -2.46. The summed E-state index contributed by atoms with van der Waals surface area (Å²) in [6, 6.07) is 6.57. The number of hydrogen-bond acceptors (Lipinski definition) is 6. The normalized spacial score (nSPS) is 24.2. The van der Waals surface area contributed by atoms with Crippen molar-refractivity contribution in [2.45, 2.75) is 43.7 Å². The van der Waals surface area contributed by atoms with Crippen LogP contribution in [0.25, 0.3) is 33.2 Å². The van der Waals surface area contributed by atoms with Gasteiger partial charge >= 0.3 is 0 Å². The smallest absolute Gasteiger partial charge is 0.224 e. The van der Waals surface area contributed by atoms with Gasteiger partial charge in [-0.2, -0.15) is 4.98 Å². The second kappa shape index (κ2) is 6.25. The molecule has 2 N–H and O–H groups in total. The van der Waals surface area contributed by atoms with Crippen molar-refractivity contribution in [3.05, 3.63) is 30.6 Å². The highest BCUT2D eigenvalue weighted by molar-refractivity contribution is 5.95. The van der Waals surface area contributed by atoms with Gasteiger partial charge in [-0.25, -0.2) is 9.67 Å². The lowest BCUT2D eigenvalue weighted by molar-refractivity contribution is -0.165. The fourth-order valence-corrected chi connectivity index (χ4v) is 4.67. The molecule has 8 nitrogen and oxygen atoms in total. The number of aromatic nitrogens is 6. The van der Waals surface area contributed by atoms with E-state index in [0.717, 1.165) is 65.5 Å². The Kier molecular flexibility index (Phi) is 3.64. The minimum Gasteiger partial charge on any atom is -0.375 e. The van der Waals surface area contributed by atoms with E-state index in [1.54, 1.807) is 4.68 Å². The van der Waals surface area contributed by atoms with Crippen molar-refractivity contribution >= 4 is 28.0 Å². The van der Waals surface area contributed by atoms with Crippen molar-refractivity contribution in [3.8, 4) is 11.1 Å². The van der Waals surface area contributed by atoms with Crippen LogP contribution in [-0.2, 0) is 11.8 Å². The molecule has 1 saturated carbocycles. The molecule has 1 aliphatic carbocycles. The van der Waals surface area contributed by atoms with Crippen LogP contribution in [0.5, 0.6) is 0 Å². The summed E-state index contributed by atoms with van der Waals surface area (Å²) in [6.07, 6.45) is 9.59. The molecule has 6 rings (SSSR count). The number of hydrogen-bond donors (Lipinski definition) is 2. The van der Waals surface area contributed by atoms with Crippen LogP contribution in [-0.4, -0.2) is 48.2 Å². The summed E-state index contributed by atoms with van der Waals surface area (Å²) in [4.78, 5) is 12.6. The van der Waals surface area contributed by atoms with E-state index >= 15 is 0 Å². The first-order valence-corrected chi connectivity index (χ1v) is 10.2. The summed E-state index contributed by atoms with van der Waals surface area (Å²) in [7, 11) is 1.90. The molecule has 3 aromatic heterocycles. The van der Waals surface area contributed by atoms with Crippen LogP contribution >= 0.6 is 0 Å². The van der Waals surface area contributed by atoms with E-state index in [1.807, 2.05) is 25.5 Å². The van der Waals surface area contributed by atoms with Gasteiger partial charge in [-0.15, -0.1) is 5.10 Å². The Morgan fingerprint density at radius 3 is 2.90 bits per heavy atom. The minimum atomic E-state index is 0.182. The summed E-state index contributed by atoms with van der Waals surface area (Å²) in [5, 5.41) is 12.8. The van der Waals surface area contributed by atoms with Gasteiger partial charge in [0.15, 0.2) is 0 Å². The molecule has 2 aliphatic rings. The number of rotatable bonds is 3. The topological polar surface area (TPSA) is 93.5 Å². The van der Waals surface area contributed by atoms with Crippen LogP contribution in [0.3, 0.4) is 0 Å². The number of aromatic amines is 1. The molecule has 0 atom stereocenters. The van der Waals surface area contributed by atoms with Crippen molar-refractivity contribution in [2.24, 2.45) is 7.05 Å². The van der Waals surface area contributed by atoms with Gasteiger partial charge in [0.05, 0.1) is 17.7 Å². The Labute approximate surface area is 167 Å². The first-order valence-electron chi connectivity index (χ1n) is 10.2. The van der Waals surface area contributed by atoms with Gasteiger partial charge in [0.1, 0.15) is 11.2 Å². The van der Waals surface area contributed by atoms with Crippen LogP contribution in [0, 0.1) is 0 Å². The van der Waals surface area contributed by atoms with Gasteiger partial charge in [0, 0.05) is 36.4 Å². The van der Waals surface area contributed by atoms with Gasteiger partial charge in [-0.05, 0) is 49.8 Å². The van der Waals surface area contributed by atoms with Gasteiger partial charge in [0.25, 0.3) is 0 Å². The highest BCUT2D eigenvalue weighted by Crippen LogP contribution is 2.41. The Bertz CT molecular complexity index is 1200. The number of nitrogens with one attached hydrogen (secondary N) is 2. The van der Waals surface area contributed by atoms with E-state index < -0.39 is 0 Å². The maximum Gasteiger partial charge on any atom is 0.224 e. The molecular weight excluding hydrogens is 366 g/mol. The number of benzene rings is 1. The molecule has 4 heterocycles. The van der Waals surface area contributed by atoms with E-state index in [1.165, 1.54) is 6.42 Å². The van der Waals surface area contributed by atoms with E-state index in [2.05, 4.69) is 37.7 Å². The largest absolute Gasteiger partial charge is 0.375 e. The number of nitrogens with zero attached hydrogens (tertiary/aromatic N) is 5. The van der Waals surface area contributed by atoms with Crippen LogP contribution in [0.15, 0.2) is 30.6 Å². The van der Waals surface area contributed by atoms with Gasteiger partial charge < -0.3 is 15.0 Å². The maximum atomic E-state index is 5.82. The maximum absolute atomic E-state index is 5.82. The van der Waals surface area contributed by atoms with E-state index in [9.17, 15) is 0 Å². The summed E-state index contributed by atoms with van der Waals surface area (Å²) in [5.74, 6) is 0.688. The van der Waals surface area contributed by atoms with E-state index in [4.69, 9.17) is 9.72 Å². The highest BCUT2D eigenvalue weighted by atomic mass is 16.5. The minimum absolute atomic E-state index is 0.182. The van der Waals surface area contributed by atoms with Gasteiger partial charge in [-0.3, -0.25) is 0 Å². The zero-order chi connectivity index (χ0) is 19.4. The Hall–Kier alpha value is -3.00. The fraction of sp³-hybridized carbons (Fsp3) is 0.429. The fourth-order valence-electron chi connectivity index (χ4n) is 4.67. The second-order valence-electron chi connectivity index (χ2n) is 8.27. The molecule has 0 bridgehead atoms. The molecule has 8 heteroatoms. The third-order valence-corrected chi connectivity index (χ3v) is 6.55. The zero-order valence-electron chi connectivity index (χ0n) is 16.4. The van der Waals surface area contributed by atoms with Crippen molar-refractivity contribution in [2.75, 3.05) is 11.9 Å². The van der Waals surface area contributed by atoms with Gasteiger partial charge in [-0.1, -0.05) is 11.3 Å². The summed E-state index contributed by atoms with van der Waals surface area (Å²) >= 11 is 0. The first-order chi connectivity index (χ1) is 14.2. The molecule has 1 aliphatic heterocycles. The number of fused-ring (bicyclic) bond motifs is 2. The first kappa shape index (κ1) is 16.9. The van der Waals surface area contributed by atoms with Crippen LogP contribution in [0.1, 0.15) is 32.1 Å². The monoisotopic (exact) mass is 389 g/mol. The number of aryl methyl sites for hydroxylation is 1. The molecule has 0 unspecified atom stereocenters. The molecular formula is C21H23N7O. The zero-order valence-corrected chi connectivity index (χ0v) is 16.4. The van der Waals surface area contributed by atoms with E-state index in [0.29, 0.717) is 12.0 Å². The predicted octanol–water partition coefficient (Wildman–Crippen LogP) is 3.42. The molecule has 2 fully saturated rings. The van der Waals surface area contributed by atoms with Gasteiger partial charge in [0.2, 0.25) is 5.95 Å². The summed E-state index contributed by atoms with van der Waals surface area (Å²) < 4.78 is 7.60. The van der Waals surface area contributed by atoms with Crippen LogP contribution in [0.4, 0.5) is 5.95 Å². The molecule has 0 amide bonds. The van der Waals surface area contributed by atoms with Crippen molar-refractivity contribution in [1.82, 2.24) is 29.9 Å². The number of ether oxygens (including phenoxy) is 1. The number of anilines is 1. The average molecular weight is 389 g/mol. The molecule has 1 saturated heterocycles. The van der Waals surface area contributed by atoms with Crippen molar-refractivity contribution in [3.63, 3.8) is 0 Å². The van der Waals surface area contributed by atoms with Crippen LogP contribution in [0.2, 0.25) is 0 Å². The molecule has 4 aromatic rings. The third-order valence-electron chi connectivity index (χ3n) is 6.55. The molecule has 0 radical (unpaired) electrons. The summed E-state index contributed by atoms with van der Waals surface area (Å²) in [6.45, 7) is 0.928. The predicted molar refractivity (Wildman–Crippen MR) is 111 cm³/mol. The van der Waals surface area contributed by atoms with E-state index in [-0.39, 0.29) is 5.60 Å². The van der Waals surface area contributed by atoms with Crippen LogP contribution < -0.4 is 5.32 Å². The Morgan fingerprint density at radius 2 is 2.10 bits per heavy atom.